The van der Waals surface area contributed by atoms with Gasteiger partial charge in [0, 0.05) is 42.4 Å². The van der Waals surface area contributed by atoms with E-state index < -0.39 is 4.92 Å². The number of carbonyl (C=O) groups is 1. The Balaban J connectivity index is 2.01. The van der Waals surface area contributed by atoms with Crippen LogP contribution in [0.1, 0.15) is 43.6 Å². The Labute approximate surface area is 148 Å². The summed E-state index contributed by atoms with van der Waals surface area (Å²) in [7, 11) is 0. The predicted molar refractivity (Wildman–Crippen MR) is 95.8 cm³/mol. The lowest BCUT2D eigenvalue weighted by molar-refractivity contribution is -0.385. The van der Waals surface area contributed by atoms with E-state index in [0.29, 0.717) is 17.7 Å². The van der Waals surface area contributed by atoms with Crippen LogP contribution in [-0.2, 0) is 4.74 Å². The fraction of sp³-hybridized carbons (Fsp3) is 0.611. The van der Waals surface area contributed by atoms with E-state index in [4.69, 9.17) is 4.74 Å². The lowest BCUT2D eigenvalue weighted by Gasteiger charge is -2.45. The second kappa shape index (κ2) is 7.49. The number of nitro benzene ring substituents is 1. The summed E-state index contributed by atoms with van der Waals surface area (Å²) in [6, 6.07) is 4.42. The topological polar surface area (TPSA) is 84.7 Å². The molecule has 0 aromatic heterocycles. The molecule has 25 heavy (non-hydrogen) atoms. The number of nitro groups is 1. The first-order valence-electron chi connectivity index (χ1n) is 8.54. The second-order valence-corrected chi connectivity index (χ2v) is 7.42. The summed E-state index contributed by atoms with van der Waals surface area (Å²) in [6.45, 7) is 12.1. The molecule has 1 heterocycles. The summed E-state index contributed by atoms with van der Waals surface area (Å²) in [5, 5.41) is 13.8. The zero-order valence-corrected chi connectivity index (χ0v) is 15.5. The molecule has 1 saturated heterocycles. The van der Waals surface area contributed by atoms with E-state index in [9.17, 15) is 14.9 Å². The van der Waals surface area contributed by atoms with E-state index in [1.807, 2.05) is 0 Å². The molecule has 0 bridgehead atoms. The molecule has 0 radical (unpaired) electrons. The molecule has 2 rings (SSSR count). The highest BCUT2D eigenvalue weighted by Crippen LogP contribution is 2.22. The molecule has 0 spiro atoms. The lowest BCUT2D eigenvalue weighted by Crippen LogP contribution is -2.58. The molecule has 1 aliphatic heterocycles. The third-order valence-electron chi connectivity index (χ3n) is 4.61. The summed E-state index contributed by atoms with van der Waals surface area (Å²) >= 11 is 0. The first-order valence-corrected chi connectivity index (χ1v) is 8.54. The van der Waals surface area contributed by atoms with Crippen LogP contribution in [0.15, 0.2) is 18.2 Å². The van der Waals surface area contributed by atoms with Gasteiger partial charge in [0.05, 0.1) is 17.1 Å². The van der Waals surface area contributed by atoms with E-state index in [0.717, 1.165) is 13.1 Å². The van der Waals surface area contributed by atoms with E-state index in [-0.39, 0.29) is 29.3 Å². The third kappa shape index (κ3) is 4.76. The SMILES string of the molecule is Cc1cc(C(=O)NCC(C)(C)N2CC(C)OC(C)C2)ccc1[N+](=O)[O-]. The van der Waals surface area contributed by atoms with Gasteiger partial charge in [-0.15, -0.1) is 0 Å². The van der Waals surface area contributed by atoms with Crippen LogP contribution in [0.2, 0.25) is 0 Å². The van der Waals surface area contributed by atoms with Crippen LogP contribution in [0.5, 0.6) is 0 Å². The molecule has 2 unspecified atom stereocenters. The third-order valence-corrected chi connectivity index (χ3v) is 4.61. The first-order chi connectivity index (χ1) is 11.6. The fourth-order valence-electron chi connectivity index (χ4n) is 3.18. The van der Waals surface area contributed by atoms with Crippen molar-refractivity contribution in [1.29, 1.82) is 0 Å². The van der Waals surface area contributed by atoms with Crippen LogP contribution >= 0.6 is 0 Å². The molecule has 138 valence electrons. The quantitative estimate of drug-likeness (QED) is 0.652. The van der Waals surface area contributed by atoms with Gasteiger partial charge in [0.15, 0.2) is 0 Å². The maximum Gasteiger partial charge on any atom is 0.272 e. The van der Waals surface area contributed by atoms with E-state index >= 15 is 0 Å². The van der Waals surface area contributed by atoms with E-state index in [2.05, 4.69) is 37.9 Å². The number of benzene rings is 1. The van der Waals surface area contributed by atoms with Crippen molar-refractivity contribution in [2.75, 3.05) is 19.6 Å². The fourth-order valence-corrected chi connectivity index (χ4v) is 3.18. The number of nitrogens with one attached hydrogen (secondary N) is 1. The van der Waals surface area contributed by atoms with Gasteiger partial charge in [-0.3, -0.25) is 19.8 Å². The van der Waals surface area contributed by atoms with Gasteiger partial charge in [0.25, 0.3) is 11.6 Å². The van der Waals surface area contributed by atoms with Crippen LogP contribution in [-0.4, -0.2) is 53.1 Å². The Morgan fingerprint density at radius 2 is 1.96 bits per heavy atom. The smallest absolute Gasteiger partial charge is 0.272 e. The molecule has 1 aromatic carbocycles. The van der Waals surface area contributed by atoms with Gasteiger partial charge in [0.1, 0.15) is 0 Å². The number of hydrogen-bond acceptors (Lipinski definition) is 5. The van der Waals surface area contributed by atoms with Gasteiger partial charge in [0.2, 0.25) is 0 Å². The highest BCUT2D eigenvalue weighted by Gasteiger charge is 2.33. The minimum atomic E-state index is -0.444. The summed E-state index contributed by atoms with van der Waals surface area (Å²) in [4.78, 5) is 25.2. The largest absolute Gasteiger partial charge is 0.373 e. The van der Waals surface area contributed by atoms with Gasteiger partial charge in [-0.25, -0.2) is 0 Å². The van der Waals surface area contributed by atoms with Crippen molar-refractivity contribution in [2.24, 2.45) is 0 Å². The van der Waals surface area contributed by atoms with Crippen LogP contribution in [0.4, 0.5) is 5.69 Å². The number of hydrogen-bond donors (Lipinski definition) is 1. The number of aryl methyl sites for hydroxylation is 1. The Morgan fingerprint density at radius 3 is 2.48 bits per heavy atom. The molecular formula is C18H27N3O4. The molecule has 1 aromatic rings. The number of rotatable bonds is 5. The standard InChI is InChI=1S/C18H27N3O4/c1-12-8-15(6-7-16(12)21(23)24)17(22)19-11-18(4,5)20-9-13(2)25-14(3)10-20/h6-8,13-14H,9-11H2,1-5H3,(H,19,22). The van der Waals surface area contributed by atoms with Gasteiger partial charge in [-0.05, 0) is 46.8 Å². The monoisotopic (exact) mass is 349 g/mol. The van der Waals surface area contributed by atoms with Crippen molar-refractivity contribution in [3.8, 4) is 0 Å². The molecule has 1 amide bonds. The van der Waals surface area contributed by atoms with E-state index in [1.54, 1.807) is 13.0 Å². The Bertz CT molecular complexity index is 650. The molecule has 1 aliphatic rings. The summed E-state index contributed by atoms with van der Waals surface area (Å²) in [5.74, 6) is -0.222. The highest BCUT2D eigenvalue weighted by molar-refractivity contribution is 5.94. The molecule has 0 aliphatic carbocycles. The number of ether oxygens (including phenoxy) is 1. The van der Waals surface area contributed by atoms with Crippen molar-refractivity contribution < 1.29 is 14.5 Å². The van der Waals surface area contributed by atoms with Crippen molar-refractivity contribution in [3.05, 3.63) is 39.4 Å². The summed E-state index contributed by atoms with van der Waals surface area (Å²) in [6.07, 6.45) is 0.326. The molecule has 0 saturated carbocycles. The number of carbonyl (C=O) groups excluding carboxylic acids is 1. The molecule has 2 atom stereocenters. The Hall–Kier alpha value is -1.99. The van der Waals surface area contributed by atoms with Crippen LogP contribution in [0.3, 0.4) is 0 Å². The normalized spacial score (nSPS) is 21.8. The number of morpholine rings is 1. The van der Waals surface area contributed by atoms with E-state index in [1.165, 1.54) is 12.1 Å². The zero-order chi connectivity index (χ0) is 18.8. The molecular weight excluding hydrogens is 322 g/mol. The minimum Gasteiger partial charge on any atom is -0.373 e. The van der Waals surface area contributed by atoms with Crippen molar-refractivity contribution in [1.82, 2.24) is 10.2 Å². The maximum absolute atomic E-state index is 12.4. The van der Waals surface area contributed by atoms with Crippen LogP contribution in [0.25, 0.3) is 0 Å². The average Bonchev–Trinajstić information content (AvgIpc) is 2.51. The summed E-state index contributed by atoms with van der Waals surface area (Å²) < 4.78 is 5.77. The highest BCUT2D eigenvalue weighted by atomic mass is 16.6. The van der Waals surface area contributed by atoms with Crippen molar-refractivity contribution in [3.63, 3.8) is 0 Å². The van der Waals surface area contributed by atoms with Gasteiger partial charge >= 0.3 is 0 Å². The van der Waals surface area contributed by atoms with Crippen molar-refractivity contribution >= 4 is 11.6 Å². The number of nitrogens with zero attached hydrogens (tertiary/aromatic N) is 2. The first kappa shape index (κ1) is 19.3. The van der Waals surface area contributed by atoms with Crippen LogP contribution < -0.4 is 5.32 Å². The minimum absolute atomic E-state index is 0.0215. The Kier molecular flexibility index (Phi) is 5.80. The number of amides is 1. The molecule has 1 fully saturated rings. The zero-order valence-electron chi connectivity index (χ0n) is 15.5. The molecule has 7 heteroatoms. The van der Waals surface area contributed by atoms with Gasteiger partial charge in [-0.1, -0.05) is 0 Å². The second-order valence-electron chi connectivity index (χ2n) is 7.42. The Morgan fingerprint density at radius 1 is 1.36 bits per heavy atom. The van der Waals surface area contributed by atoms with Crippen molar-refractivity contribution in [2.45, 2.75) is 52.4 Å². The van der Waals surface area contributed by atoms with Gasteiger partial charge < -0.3 is 10.1 Å². The molecule has 7 nitrogen and oxygen atoms in total. The maximum atomic E-state index is 12.4. The lowest BCUT2D eigenvalue weighted by atomic mass is 9.99. The average molecular weight is 349 g/mol. The van der Waals surface area contributed by atoms with Gasteiger partial charge in [-0.2, -0.15) is 0 Å². The summed E-state index contributed by atoms with van der Waals surface area (Å²) in [5.41, 5.74) is 0.723. The van der Waals surface area contributed by atoms with Crippen LogP contribution in [0, 0.1) is 17.0 Å². The predicted octanol–water partition coefficient (Wildman–Crippen LogP) is 2.52. The molecule has 1 N–H and O–H groups in total.